The molecule has 1 atom stereocenters. The number of aromatic nitrogens is 4. The Balaban J connectivity index is 1.79. The summed E-state index contributed by atoms with van der Waals surface area (Å²) in [5, 5.41) is 14.7. The molecule has 1 aromatic heterocycles. The summed E-state index contributed by atoms with van der Waals surface area (Å²) >= 11 is 0. The number of nitrogens with one attached hydrogen (secondary N) is 1. The van der Waals surface area contributed by atoms with Crippen molar-refractivity contribution in [1.82, 2.24) is 20.2 Å². The maximum Gasteiger partial charge on any atom is 0.143 e. The van der Waals surface area contributed by atoms with Crippen molar-refractivity contribution in [3.63, 3.8) is 0 Å². The molecule has 3 rings (SSSR count). The standard InChI is InChI=1S/C12H15N5/c1-9(10-5-6-10)14-11-3-2-4-12(7-11)17-8-13-15-16-17/h2-4,7-10,14H,5-6H2,1H3. The first kappa shape index (κ1) is 10.3. The number of tetrazole rings is 1. The smallest absolute Gasteiger partial charge is 0.143 e. The molecule has 0 saturated heterocycles. The van der Waals surface area contributed by atoms with Crippen LogP contribution in [0.1, 0.15) is 19.8 Å². The summed E-state index contributed by atoms with van der Waals surface area (Å²) in [5.41, 5.74) is 2.10. The maximum absolute atomic E-state index is 3.88. The molecule has 0 bridgehead atoms. The van der Waals surface area contributed by atoms with Crippen LogP contribution < -0.4 is 5.32 Å². The van der Waals surface area contributed by atoms with Crippen LogP contribution in [-0.4, -0.2) is 26.2 Å². The van der Waals surface area contributed by atoms with Gasteiger partial charge in [-0.05, 0) is 54.3 Å². The Hall–Kier alpha value is -1.91. The molecule has 1 N–H and O–H groups in total. The summed E-state index contributed by atoms with van der Waals surface area (Å²) in [6.07, 6.45) is 4.30. The largest absolute Gasteiger partial charge is 0.382 e. The third kappa shape index (κ3) is 2.27. The predicted molar refractivity (Wildman–Crippen MR) is 65.0 cm³/mol. The Labute approximate surface area is 99.8 Å². The summed E-state index contributed by atoms with van der Waals surface area (Å²) < 4.78 is 1.66. The minimum absolute atomic E-state index is 0.541. The molecule has 17 heavy (non-hydrogen) atoms. The van der Waals surface area contributed by atoms with E-state index in [1.807, 2.05) is 12.1 Å². The number of nitrogens with zero attached hydrogens (tertiary/aromatic N) is 4. The summed E-state index contributed by atoms with van der Waals surface area (Å²) in [7, 11) is 0. The zero-order valence-electron chi connectivity index (χ0n) is 9.74. The van der Waals surface area contributed by atoms with Crippen molar-refractivity contribution in [2.24, 2.45) is 5.92 Å². The molecule has 1 heterocycles. The number of anilines is 1. The van der Waals surface area contributed by atoms with Gasteiger partial charge in [-0.2, -0.15) is 0 Å². The molecule has 1 fully saturated rings. The number of benzene rings is 1. The molecule has 1 unspecified atom stereocenters. The SMILES string of the molecule is CC(Nc1cccc(-n2cnnn2)c1)C1CC1. The van der Waals surface area contributed by atoms with E-state index in [0.29, 0.717) is 6.04 Å². The highest BCUT2D eigenvalue weighted by atomic mass is 15.5. The van der Waals surface area contributed by atoms with Crippen molar-refractivity contribution in [3.05, 3.63) is 30.6 Å². The van der Waals surface area contributed by atoms with Crippen LogP contribution in [0.2, 0.25) is 0 Å². The zero-order chi connectivity index (χ0) is 11.7. The van der Waals surface area contributed by atoms with Gasteiger partial charge in [-0.15, -0.1) is 5.10 Å². The summed E-state index contributed by atoms with van der Waals surface area (Å²) in [6.45, 7) is 2.24. The van der Waals surface area contributed by atoms with Gasteiger partial charge < -0.3 is 5.32 Å². The van der Waals surface area contributed by atoms with Crippen LogP contribution >= 0.6 is 0 Å². The number of hydrogen-bond acceptors (Lipinski definition) is 4. The van der Waals surface area contributed by atoms with E-state index in [0.717, 1.165) is 17.3 Å². The average molecular weight is 229 g/mol. The van der Waals surface area contributed by atoms with Crippen LogP contribution in [-0.2, 0) is 0 Å². The highest BCUT2D eigenvalue weighted by Crippen LogP contribution is 2.34. The lowest BCUT2D eigenvalue weighted by atomic mass is 10.2. The second-order valence-corrected chi connectivity index (χ2v) is 4.58. The number of hydrogen-bond donors (Lipinski definition) is 1. The molecule has 5 nitrogen and oxygen atoms in total. The molecule has 0 spiro atoms. The average Bonchev–Trinajstić information content (AvgIpc) is 3.05. The van der Waals surface area contributed by atoms with Gasteiger partial charge in [0.15, 0.2) is 0 Å². The maximum atomic E-state index is 3.88. The van der Waals surface area contributed by atoms with Gasteiger partial charge in [0.05, 0.1) is 5.69 Å². The fraction of sp³-hybridized carbons (Fsp3) is 0.417. The third-order valence-electron chi connectivity index (χ3n) is 3.18. The van der Waals surface area contributed by atoms with Crippen LogP contribution in [0, 0.1) is 5.92 Å². The lowest BCUT2D eigenvalue weighted by Gasteiger charge is -2.14. The van der Waals surface area contributed by atoms with Crippen LogP contribution in [0.15, 0.2) is 30.6 Å². The van der Waals surface area contributed by atoms with E-state index in [4.69, 9.17) is 0 Å². The van der Waals surface area contributed by atoms with E-state index in [1.54, 1.807) is 11.0 Å². The summed E-state index contributed by atoms with van der Waals surface area (Å²) in [5.74, 6) is 0.840. The van der Waals surface area contributed by atoms with Crippen molar-refractivity contribution in [1.29, 1.82) is 0 Å². The van der Waals surface area contributed by atoms with Crippen molar-refractivity contribution in [2.75, 3.05) is 5.32 Å². The van der Waals surface area contributed by atoms with Gasteiger partial charge in [0, 0.05) is 11.7 Å². The van der Waals surface area contributed by atoms with Gasteiger partial charge in [-0.25, -0.2) is 4.68 Å². The lowest BCUT2D eigenvalue weighted by molar-refractivity contribution is 0.694. The van der Waals surface area contributed by atoms with E-state index < -0.39 is 0 Å². The molecule has 88 valence electrons. The van der Waals surface area contributed by atoms with E-state index in [2.05, 4.69) is 39.9 Å². The normalized spacial score (nSPS) is 16.8. The minimum atomic E-state index is 0.541. The summed E-state index contributed by atoms with van der Waals surface area (Å²) in [4.78, 5) is 0. The first-order valence-corrected chi connectivity index (χ1v) is 5.93. The van der Waals surface area contributed by atoms with Crippen molar-refractivity contribution in [2.45, 2.75) is 25.8 Å². The van der Waals surface area contributed by atoms with E-state index >= 15 is 0 Å². The zero-order valence-corrected chi connectivity index (χ0v) is 9.74. The van der Waals surface area contributed by atoms with E-state index in [9.17, 15) is 0 Å². The highest BCUT2D eigenvalue weighted by molar-refractivity contribution is 5.51. The van der Waals surface area contributed by atoms with Crippen LogP contribution in [0.25, 0.3) is 5.69 Å². The summed E-state index contributed by atoms with van der Waals surface area (Å²) in [6, 6.07) is 8.68. The van der Waals surface area contributed by atoms with Gasteiger partial charge in [-0.1, -0.05) is 6.07 Å². The molecule has 1 aliphatic rings. The van der Waals surface area contributed by atoms with Gasteiger partial charge in [0.25, 0.3) is 0 Å². The molecule has 0 amide bonds. The first-order chi connectivity index (χ1) is 8.33. The minimum Gasteiger partial charge on any atom is -0.382 e. The van der Waals surface area contributed by atoms with Crippen LogP contribution in [0.5, 0.6) is 0 Å². The number of rotatable bonds is 4. The van der Waals surface area contributed by atoms with Gasteiger partial charge >= 0.3 is 0 Å². The Bertz CT molecular complexity index is 489. The lowest BCUT2D eigenvalue weighted by Crippen LogP contribution is -2.17. The van der Waals surface area contributed by atoms with E-state index in [1.165, 1.54) is 12.8 Å². The molecule has 1 aromatic carbocycles. The Morgan fingerprint density at radius 3 is 3.00 bits per heavy atom. The second-order valence-electron chi connectivity index (χ2n) is 4.58. The molecular formula is C12H15N5. The van der Waals surface area contributed by atoms with Crippen molar-refractivity contribution in [3.8, 4) is 5.69 Å². The van der Waals surface area contributed by atoms with Crippen molar-refractivity contribution < 1.29 is 0 Å². The first-order valence-electron chi connectivity index (χ1n) is 5.93. The topological polar surface area (TPSA) is 55.6 Å². The van der Waals surface area contributed by atoms with Gasteiger partial charge in [0.1, 0.15) is 6.33 Å². The molecule has 5 heteroatoms. The molecular weight excluding hydrogens is 214 g/mol. The molecule has 2 aromatic rings. The quantitative estimate of drug-likeness (QED) is 0.869. The van der Waals surface area contributed by atoms with Crippen LogP contribution in [0.3, 0.4) is 0 Å². The molecule has 0 aliphatic heterocycles. The second kappa shape index (κ2) is 4.16. The third-order valence-corrected chi connectivity index (χ3v) is 3.18. The fourth-order valence-electron chi connectivity index (χ4n) is 1.99. The van der Waals surface area contributed by atoms with Crippen LogP contribution in [0.4, 0.5) is 5.69 Å². The Kier molecular flexibility index (Phi) is 2.51. The van der Waals surface area contributed by atoms with E-state index in [-0.39, 0.29) is 0 Å². The Morgan fingerprint density at radius 1 is 1.41 bits per heavy atom. The molecule has 0 radical (unpaired) electrons. The van der Waals surface area contributed by atoms with Crippen molar-refractivity contribution >= 4 is 5.69 Å². The Morgan fingerprint density at radius 2 is 2.29 bits per heavy atom. The molecule has 1 aliphatic carbocycles. The fourth-order valence-corrected chi connectivity index (χ4v) is 1.99. The predicted octanol–water partition coefficient (Wildman–Crippen LogP) is 1.87. The van der Waals surface area contributed by atoms with Gasteiger partial charge in [-0.3, -0.25) is 0 Å². The molecule has 1 saturated carbocycles. The van der Waals surface area contributed by atoms with Gasteiger partial charge in [0.2, 0.25) is 0 Å². The highest BCUT2D eigenvalue weighted by Gasteiger charge is 2.27. The monoisotopic (exact) mass is 229 g/mol.